The van der Waals surface area contributed by atoms with Crippen LogP contribution in [0.3, 0.4) is 0 Å². The molecule has 2 atom stereocenters. The molecule has 0 aliphatic heterocycles. The summed E-state index contributed by atoms with van der Waals surface area (Å²) in [7, 11) is 0. The quantitative estimate of drug-likeness (QED) is 0.354. The van der Waals surface area contributed by atoms with Crippen molar-refractivity contribution in [3.05, 3.63) is 34.9 Å². The molecule has 2 unspecified atom stereocenters. The first-order valence-corrected chi connectivity index (χ1v) is 12.8. The van der Waals surface area contributed by atoms with Gasteiger partial charge in [-0.2, -0.15) is 0 Å². The molecule has 0 saturated heterocycles. The highest BCUT2D eigenvalue weighted by Crippen LogP contribution is 2.39. The topological polar surface area (TPSA) is 0 Å². The van der Waals surface area contributed by atoms with Crippen LogP contribution in [0.5, 0.6) is 0 Å². The molecule has 0 heteroatoms. The van der Waals surface area contributed by atoms with Crippen LogP contribution >= 0.6 is 0 Å². The molecule has 158 valence electrons. The molecule has 1 aromatic rings. The summed E-state index contributed by atoms with van der Waals surface area (Å²) in [5.74, 6) is 3.70. The molecule has 2 aliphatic carbocycles. The number of unbranched alkanes of at least 4 members (excludes halogenated alkanes) is 4. The average Bonchev–Trinajstić information content (AvgIpc) is 2.73. The van der Waals surface area contributed by atoms with Gasteiger partial charge in [-0.05, 0) is 91.7 Å². The third-order valence-electron chi connectivity index (χ3n) is 8.03. The number of aryl methyl sites for hydroxylation is 1. The molecule has 3 rings (SSSR count). The molecule has 0 N–H and O–H groups in total. The smallest absolute Gasteiger partial charge is 0.0162 e. The van der Waals surface area contributed by atoms with E-state index in [9.17, 15) is 0 Å². The van der Waals surface area contributed by atoms with Gasteiger partial charge in [0, 0.05) is 0 Å². The van der Waals surface area contributed by atoms with Crippen molar-refractivity contribution in [2.24, 2.45) is 17.8 Å². The van der Waals surface area contributed by atoms with E-state index in [0.717, 1.165) is 23.7 Å². The molecule has 0 nitrogen and oxygen atoms in total. The maximum absolute atomic E-state index is 2.62. The minimum Gasteiger partial charge on any atom is -0.0654 e. The summed E-state index contributed by atoms with van der Waals surface area (Å²) in [5.41, 5.74) is 5.03. The summed E-state index contributed by atoms with van der Waals surface area (Å²) >= 11 is 0. The summed E-state index contributed by atoms with van der Waals surface area (Å²) in [5, 5.41) is 0. The Morgan fingerprint density at radius 3 is 2.39 bits per heavy atom. The summed E-state index contributed by atoms with van der Waals surface area (Å²) < 4.78 is 0. The highest BCUT2D eigenvalue weighted by atomic mass is 14.3. The number of benzene rings is 1. The van der Waals surface area contributed by atoms with Gasteiger partial charge in [0.25, 0.3) is 0 Å². The summed E-state index contributed by atoms with van der Waals surface area (Å²) in [6.45, 7) is 7.09. The van der Waals surface area contributed by atoms with Crippen molar-refractivity contribution in [2.45, 2.75) is 123 Å². The van der Waals surface area contributed by atoms with Crippen LogP contribution in [0.1, 0.15) is 127 Å². The van der Waals surface area contributed by atoms with Gasteiger partial charge < -0.3 is 0 Å². The van der Waals surface area contributed by atoms with Gasteiger partial charge >= 0.3 is 0 Å². The lowest BCUT2D eigenvalue weighted by atomic mass is 9.74. The molecule has 0 amide bonds. The second-order valence-electron chi connectivity index (χ2n) is 10.3. The van der Waals surface area contributed by atoms with Crippen molar-refractivity contribution in [3.8, 4) is 0 Å². The third-order valence-corrected chi connectivity index (χ3v) is 8.03. The standard InChI is InChI=1S/C28H46/c1-4-6-7-8-9-10-23-11-14-25(15-12-23)27-18-17-26-20-24(19-22(3)5-2)13-16-28(26)21-27/h17-18,21-25H,4-16,19-20H2,1-3H3/t22?,23-,24?,25-. The van der Waals surface area contributed by atoms with Crippen LogP contribution in [0.15, 0.2) is 18.2 Å². The van der Waals surface area contributed by atoms with Gasteiger partial charge in [-0.1, -0.05) is 83.9 Å². The van der Waals surface area contributed by atoms with Crippen LogP contribution in [0.4, 0.5) is 0 Å². The Morgan fingerprint density at radius 1 is 0.857 bits per heavy atom. The fourth-order valence-electron chi connectivity index (χ4n) is 5.86. The second kappa shape index (κ2) is 11.4. The minimum absolute atomic E-state index is 0.847. The minimum atomic E-state index is 0.847. The second-order valence-corrected chi connectivity index (χ2v) is 10.3. The average molecular weight is 383 g/mol. The first-order valence-electron chi connectivity index (χ1n) is 12.8. The number of hydrogen-bond donors (Lipinski definition) is 0. The maximum atomic E-state index is 2.62. The van der Waals surface area contributed by atoms with Crippen LogP contribution in [-0.4, -0.2) is 0 Å². The van der Waals surface area contributed by atoms with E-state index in [2.05, 4.69) is 39.0 Å². The lowest BCUT2D eigenvalue weighted by Gasteiger charge is -2.31. The van der Waals surface area contributed by atoms with Gasteiger partial charge in [0.1, 0.15) is 0 Å². The van der Waals surface area contributed by atoms with Gasteiger partial charge in [0.15, 0.2) is 0 Å². The SMILES string of the molecule is CCCCCCC[C@H]1CC[C@H](c2ccc3c(c2)CCC(CC(C)CC)C3)CC1. The van der Waals surface area contributed by atoms with Gasteiger partial charge in [0.2, 0.25) is 0 Å². The van der Waals surface area contributed by atoms with Crippen LogP contribution in [-0.2, 0) is 12.8 Å². The van der Waals surface area contributed by atoms with E-state index in [1.54, 1.807) is 16.7 Å². The molecular weight excluding hydrogens is 336 g/mol. The Hall–Kier alpha value is -0.780. The normalized spacial score (nSPS) is 26.0. The molecule has 0 spiro atoms. The molecule has 1 fully saturated rings. The molecule has 2 aliphatic rings. The molecule has 0 bridgehead atoms. The predicted octanol–water partition coefficient (Wildman–Crippen LogP) is 8.86. The fraction of sp³-hybridized carbons (Fsp3) is 0.786. The zero-order valence-corrected chi connectivity index (χ0v) is 19.1. The van der Waals surface area contributed by atoms with Crippen LogP contribution in [0, 0.1) is 17.8 Å². The zero-order chi connectivity index (χ0) is 19.8. The number of rotatable bonds is 10. The summed E-state index contributed by atoms with van der Waals surface area (Å²) in [6.07, 6.45) is 21.4. The summed E-state index contributed by atoms with van der Waals surface area (Å²) in [6, 6.07) is 7.62. The van der Waals surface area contributed by atoms with Crippen molar-refractivity contribution in [1.29, 1.82) is 0 Å². The monoisotopic (exact) mass is 382 g/mol. The van der Waals surface area contributed by atoms with E-state index in [-0.39, 0.29) is 0 Å². The van der Waals surface area contributed by atoms with Crippen LogP contribution in [0.2, 0.25) is 0 Å². The Morgan fingerprint density at radius 2 is 1.64 bits per heavy atom. The summed E-state index contributed by atoms with van der Waals surface area (Å²) in [4.78, 5) is 0. The lowest BCUT2D eigenvalue weighted by molar-refractivity contribution is 0.301. The molecule has 1 aromatic carbocycles. The Balaban J connectivity index is 1.45. The van der Waals surface area contributed by atoms with E-state index < -0.39 is 0 Å². The lowest BCUT2D eigenvalue weighted by Crippen LogP contribution is -2.18. The number of fused-ring (bicyclic) bond motifs is 1. The van der Waals surface area contributed by atoms with Gasteiger partial charge in [-0.25, -0.2) is 0 Å². The highest BCUT2D eigenvalue weighted by Gasteiger charge is 2.24. The van der Waals surface area contributed by atoms with Crippen molar-refractivity contribution in [2.75, 3.05) is 0 Å². The van der Waals surface area contributed by atoms with Crippen LogP contribution in [0.25, 0.3) is 0 Å². The predicted molar refractivity (Wildman–Crippen MR) is 124 cm³/mol. The molecule has 28 heavy (non-hydrogen) atoms. The van der Waals surface area contributed by atoms with E-state index in [1.165, 1.54) is 96.3 Å². The van der Waals surface area contributed by atoms with Gasteiger partial charge in [0.05, 0.1) is 0 Å². The largest absolute Gasteiger partial charge is 0.0654 e. The first kappa shape index (κ1) is 21.9. The molecule has 0 heterocycles. The van der Waals surface area contributed by atoms with Crippen molar-refractivity contribution >= 4 is 0 Å². The Bertz CT molecular complexity index is 563. The van der Waals surface area contributed by atoms with E-state index in [4.69, 9.17) is 0 Å². The third kappa shape index (κ3) is 6.36. The maximum Gasteiger partial charge on any atom is -0.0162 e. The number of hydrogen-bond acceptors (Lipinski definition) is 0. The molecule has 0 radical (unpaired) electrons. The zero-order valence-electron chi connectivity index (χ0n) is 19.1. The molecule has 0 aromatic heterocycles. The molecule has 1 saturated carbocycles. The van der Waals surface area contributed by atoms with Crippen molar-refractivity contribution in [3.63, 3.8) is 0 Å². The fourth-order valence-corrected chi connectivity index (χ4v) is 5.86. The van der Waals surface area contributed by atoms with Crippen LogP contribution < -0.4 is 0 Å². The van der Waals surface area contributed by atoms with Gasteiger partial charge in [-0.3, -0.25) is 0 Å². The van der Waals surface area contributed by atoms with E-state index in [0.29, 0.717) is 0 Å². The van der Waals surface area contributed by atoms with E-state index >= 15 is 0 Å². The van der Waals surface area contributed by atoms with Crippen molar-refractivity contribution < 1.29 is 0 Å². The highest BCUT2D eigenvalue weighted by molar-refractivity contribution is 5.36. The van der Waals surface area contributed by atoms with E-state index in [1.807, 2.05) is 0 Å². The first-order chi connectivity index (χ1) is 13.7. The Labute approximate surface area is 175 Å². The molecular formula is C28H46. The Kier molecular flexibility index (Phi) is 8.94. The van der Waals surface area contributed by atoms with Gasteiger partial charge in [-0.15, -0.1) is 0 Å². The van der Waals surface area contributed by atoms with Crippen molar-refractivity contribution in [1.82, 2.24) is 0 Å².